The first-order chi connectivity index (χ1) is 11.3. The lowest BCUT2D eigenvalue weighted by Crippen LogP contribution is -2.56. The Morgan fingerprint density at radius 3 is 2.64 bits per heavy atom. The Morgan fingerprint density at radius 2 is 1.92 bits per heavy atom. The summed E-state index contributed by atoms with van der Waals surface area (Å²) >= 11 is 0. The van der Waals surface area contributed by atoms with Gasteiger partial charge in [0.05, 0.1) is 12.2 Å². The van der Waals surface area contributed by atoms with Crippen LogP contribution in [0.1, 0.15) is 0 Å². The maximum absolute atomic E-state index is 12.4. The molecule has 136 valence electrons. The zero-order valence-electron chi connectivity index (χ0n) is 13.5. The number of hydrogen-bond donors (Lipinski definition) is 1. The Kier molecular flexibility index (Phi) is 9.05. The number of aromatic nitrogens is 1. The molecule has 2 aromatic rings. The first-order valence-electron chi connectivity index (χ1n) is 7.60. The number of rotatable bonds is 4. The van der Waals surface area contributed by atoms with E-state index >= 15 is 0 Å². The van der Waals surface area contributed by atoms with E-state index in [4.69, 9.17) is 9.47 Å². The first-order valence-corrected chi connectivity index (χ1v) is 7.60. The number of carbonyl (C=O) groups is 1. The van der Waals surface area contributed by atoms with Crippen molar-refractivity contribution >= 4 is 30.9 Å². The zero-order chi connectivity index (χ0) is 15.9. The van der Waals surface area contributed by atoms with Crippen molar-refractivity contribution in [1.82, 2.24) is 15.2 Å². The summed E-state index contributed by atoms with van der Waals surface area (Å²) in [5.41, 5.74) is 0. The first kappa shape index (κ1) is 21.0. The Bertz CT molecular complexity index is 632. The summed E-state index contributed by atoms with van der Waals surface area (Å²) in [5, 5.41) is 3.27. The van der Waals surface area contributed by atoms with Crippen LogP contribution in [0, 0.1) is 0 Å². The zero-order valence-corrected chi connectivity index (χ0v) is 15.2. The molecular weight excluding hydrogens is 365 g/mol. The van der Waals surface area contributed by atoms with Gasteiger partial charge in [-0.3, -0.25) is 9.88 Å². The van der Waals surface area contributed by atoms with Crippen LogP contribution in [-0.2, 0) is 0 Å². The molecule has 1 aromatic heterocycles. The van der Waals surface area contributed by atoms with Crippen molar-refractivity contribution in [3.05, 3.63) is 54.9 Å². The largest absolute Gasteiger partial charge is 0.490 e. The normalized spacial score (nSPS) is 16.2. The minimum atomic E-state index is -0.350. The van der Waals surface area contributed by atoms with Gasteiger partial charge in [0.1, 0.15) is 18.1 Å². The standard InChI is InChI=1S/C17H19N3O3.2ClH/c21-17(23-15-5-2-1-3-6-15)20-10-9-19-11-14(20)13-22-16-7-4-8-18-12-16;;/h1-8,12,14,19H,9-11,13H2;2*1H. The lowest BCUT2D eigenvalue weighted by molar-refractivity contribution is 0.0953. The molecular formula is C17H21Cl2N3O3. The van der Waals surface area contributed by atoms with Crippen LogP contribution in [-0.4, -0.2) is 48.3 Å². The molecule has 1 fully saturated rings. The van der Waals surface area contributed by atoms with Crippen LogP contribution < -0.4 is 14.8 Å². The maximum Gasteiger partial charge on any atom is 0.415 e. The Hall–Kier alpha value is -2.02. The number of benzene rings is 1. The number of nitrogens with one attached hydrogen (secondary N) is 1. The summed E-state index contributed by atoms with van der Waals surface area (Å²) in [5.74, 6) is 1.23. The van der Waals surface area contributed by atoms with E-state index in [0.717, 1.165) is 6.54 Å². The van der Waals surface area contributed by atoms with Gasteiger partial charge in [0, 0.05) is 25.8 Å². The maximum atomic E-state index is 12.4. The molecule has 0 spiro atoms. The molecule has 8 heteroatoms. The predicted molar refractivity (Wildman–Crippen MR) is 100 cm³/mol. The van der Waals surface area contributed by atoms with Gasteiger partial charge in [-0.2, -0.15) is 0 Å². The molecule has 1 N–H and O–H groups in total. The number of amides is 1. The Labute approximate surface area is 159 Å². The van der Waals surface area contributed by atoms with Gasteiger partial charge < -0.3 is 14.8 Å². The highest BCUT2D eigenvalue weighted by Crippen LogP contribution is 2.14. The summed E-state index contributed by atoms with van der Waals surface area (Å²) in [6.07, 6.45) is 3.00. The molecule has 3 rings (SSSR count). The van der Waals surface area contributed by atoms with E-state index in [1.54, 1.807) is 29.4 Å². The Morgan fingerprint density at radius 1 is 1.16 bits per heavy atom. The lowest BCUT2D eigenvalue weighted by atomic mass is 10.2. The number of halogens is 2. The van der Waals surface area contributed by atoms with Gasteiger partial charge in [-0.1, -0.05) is 18.2 Å². The van der Waals surface area contributed by atoms with Crippen molar-refractivity contribution < 1.29 is 14.3 Å². The fourth-order valence-corrected chi connectivity index (χ4v) is 2.42. The van der Waals surface area contributed by atoms with Crippen LogP contribution in [0.5, 0.6) is 11.5 Å². The van der Waals surface area contributed by atoms with Gasteiger partial charge in [-0.15, -0.1) is 24.8 Å². The van der Waals surface area contributed by atoms with Crippen LogP contribution in [0.2, 0.25) is 0 Å². The van der Waals surface area contributed by atoms with Crippen LogP contribution in [0.25, 0.3) is 0 Å². The van der Waals surface area contributed by atoms with E-state index in [1.807, 2.05) is 30.3 Å². The van der Waals surface area contributed by atoms with Gasteiger partial charge in [0.25, 0.3) is 0 Å². The average molecular weight is 386 g/mol. The molecule has 0 saturated carbocycles. The van der Waals surface area contributed by atoms with Crippen molar-refractivity contribution in [2.45, 2.75) is 6.04 Å². The third-order valence-electron chi connectivity index (χ3n) is 3.61. The van der Waals surface area contributed by atoms with Crippen molar-refractivity contribution in [2.24, 2.45) is 0 Å². The minimum absolute atomic E-state index is 0. The number of nitrogens with zero attached hydrogens (tertiary/aromatic N) is 2. The topological polar surface area (TPSA) is 63.7 Å². The molecule has 25 heavy (non-hydrogen) atoms. The molecule has 0 bridgehead atoms. The number of para-hydroxylation sites is 1. The molecule has 1 unspecified atom stereocenters. The molecule has 1 aromatic carbocycles. The highest BCUT2D eigenvalue weighted by Gasteiger charge is 2.28. The van der Waals surface area contributed by atoms with Gasteiger partial charge >= 0.3 is 6.09 Å². The van der Waals surface area contributed by atoms with Gasteiger partial charge in [0.2, 0.25) is 0 Å². The quantitative estimate of drug-likeness (QED) is 0.876. The van der Waals surface area contributed by atoms with E-state index in [2.05, 4.69) is 10.3 Å². The molecule has 1 amide bonds. The van der Waals surface area contributed by atoms with Gasteiger partial charge in [-0.05, 0) is 24.3 Å². The molecule has 0 radical (unpaired) electrons. The van der Waals surface area contributed by atoms with Crippen molar-refractivity contribution in [1.29, 1.82) is 0 Å². The summed E-state index contributed by atoms with van der Waals surface area (Å²) < 4.78 is 11.2. The minimum Gasteiger partial charge on any atom is -0.490 e. The van der Waals surface area contributed by atoms with Crippen LogP contribution in [0.15, 0.2) is 54.9 Å². The molecule has 1 saturated heterocycles. The molecule has 6 nitrogen and oxygen atoms in total. The third kappa shape index (κ3) is 6.08. The van der Waals surface area contributed by atoms with Crippen LogP contribution >= 0.6 is 24.8 Å². The highest BCUT2D eigenvalue weighted by molar-refractivity contribution is 5.85. The fourth-order valence-electron chi connectivity index (χ4n) is 2.42. The van der Waals surface area contributed by atoms with E-state index in [1.165, 1.54) is 0 Å². The van der Waals surface area contributed by atoms with E-state index in [-0.39, 0.29) is 36.9 Å². The summed E-state index contributed by atoms with van der Waals surface area (Å²) in [6.45, 7) is 2.40. The van der Waals surface area contributed by atoms with Crippen LogP contribution in [0.3, 0.4) is 0 Å². The summed E-state index contributed by atoms with van der Waals surface area (Å²) in [4.78, 5) is 18.1. The average Bonchev–Trinajstić information content (AvgIpc) is 2.62. The SMILES string of the molecule is Cl.Cl.O=C(Oc1ccccc1)N1CCNCC1COc1cccnc1. The molecule has 0 aliphatic carbocycles. The fraction of sp³-hybridized carbons (Fsp3) is 0.294. The lowest BCUT2D eigenvalue weighted by Gasteiger charge is -2.35. The van der Waals surface area contributed by atoms with Crippen molar-refractivity contribution in [3.8, 4) is 11.5 Å². The van der Waals surface area contributed by atoms with E-state index < -0.39 is 0 Å². The molecule has 2 heterocycles. The smallest absolute Gasteiger partial charge is 0.415 e. The number of ether oxygens (including phenoxy) is 2. The number of piperazine rings is 1. The second kappa shape index (κ2) is 10.8. The van der Waals surface area contributed by atoms with Crippen molar-refractivity contribution in [3.63, 3.8) is 0 Å². The second-order valence-corrected chi connectivity index (χ2v) is 5.23. The van der Waals surface area contributed by atoms with Gasteiger partial charge in [0.15, 0.2) is 0 Å². The molecule has 1 aliphatic rings. The van der Waals surface area contributed by atoms with Gasteiger partial charge in [-0.25, -0.2) is 4.79 Å². The Balaban J connectivity index is 0.00000156. The van der Waals surface area contributed by atoms with Crippen LogP contribution in [0.4, 0.5) is 4.79 Å². The molecule has 1 aliphatic heterocycles. The highest BCUT2D eigenvalue weighted by atomic mass is 35.5. The number of carbonyl (C=O) groups excluding carboxylic acids is 1. The summed E-state index contributed by atoms with van der Waals surface area (Å²) in [6, 6.07) is 12.7. The summed E-state index contributed by atoms with van der Waals surface area (Å²) in [7, 11) is 0. The molecule has 1 atom stereocenters. The van der Waals surface area contributed by atoms with E-state index in [0.29, 0.717) is 31.2 Å². The predicted octanol–water partition coefficient (Wildman–Crippen LogP) is 2.78. The monoisotopic (exact) mass is 385 g/mol. The third-order valence-corrected chi connectivity index (χ3v) is 3.61. The van der Waals surface area contributed by atoms with Crippen molar-refractivity contribution in [2.75, 3.05) is 26.2 Å². The van der Waals surface area contributed by atoms with E-state index in [9.17, 15) is 4.79 Å². The number of hydrogen-bond acceptors (Lipinski definition) is 5. The second-order valence-electron chi connectivity index (χ2n) is 5.23. The number of pyridine rings is 1.